The Bertz CT molecular complexity index is 3200. The molecule has 10 rings (SSSR count). The molecule has 3 aromatic carbocycles. The van der Waals surface area contributed by atoms with Crippen molar-refractivity contribution in [3.63, 3.8) is 0 Å². The number of halogens is 1. The summed E-state index contributed by atoms with van der Waals surface area (Å²) < 4.78 is 23.6. The number of carbonyl (C=O) groups is 3. The number of thiazole rings is 1. The van der Waals surface area contributed by atoms with E-state index in [1.54, 1.807) is 35.7 Å². The number of amides is 3. The summed E-state index contributed by atoms with van der Waals surface area (Å²) in [5.41, 5.74) is 5.01. The molecule has 5 N–H and O–H groups in total. The second kappa shape index (κ2) is 21.7. The summed E-state index contributed by atoms with van der Waals surface area (Å²) in [5.74, 6) is 1.80. The predicted octanol–water partition coefficient (Wildman–Crippen LogP) is 7.28. The molecule has 76 heavy (non-hydrogen) atoms. The van der Waals surface area contributed by atoms with Gasteiger partial charge in [0.15, 0.2) is 5.82 Å². The predicted molar refractivity (Wildman–Crippen MR) is 292 cm³/mol. The zero-order valence-corrected chi connectivity index (χ0v) is 44.8. The Morgan fingerprint density at radius 2 is 1.78 bits per heavy atom. The van der Waals surface area contributed by atoms with Crippen LogP contribution in [-0.2, 0) is 14.4 Å². The Morgan fingerprint density at radius 1 is 1.01 bits per heavy atom. The molecule has 0 saturated carbocycles. The molecule has 0 radical (unpaired) electrons. The normalized spacial score (nSPS) is 22.3. The first-order valence-corrected chi connectivity index (χ1v) is 27.4. The number of carbonyl (C=O) groups excluding carboxylic acids is 3. The van der Waals surface area contributed by atoms with Crippen LogP contribution in [-0.4, -0.2) is 133 Å². The fourth-order valence-electron chi connectivity index (χ4n) is 11.6. The number of aliphatic hydroxyl groups excluding tert-OH is 1. The molecule has 8 atom stereocenters. The zero-order chi connectivity index (χ0) is 53.6. The Labute approximate surface area is 446 Å². The molecule has 7 heterocycles. The van der Waals surface area contributed by atoms with E-state index in [4.69, 9.17) is 21.1 Å². The highest BCUT2D eigenvalue weighted by molar-refractivity contribution is 7.13. The number of fused-ring (bicyclic) bond motifs is 4. The third-order valence-electron chi connectivity index (χ3n) is 15.7. The molecule has 18 heteroatoms. The van der Waals surface area contributed by atoms with E-state index in [2.05, 4.69) is 48.6 Å². The molecule has 4 saturated heterocycles. The van der Waals surface area contributed by atoms with E-state index in [0.717, 1.165) is 41.1 Å². The van der Waals surface area contributed by atoms with E-state index < -0.39 is 35.3 Å². The van der Waals surface area contributed by atoms with Crippen LogP contribution in [0, 0.1) is 36.4 Å². The van der Waals surface area contributed by atoms with Gasteiger partial charge in [0.05, 0.1) is 33.6 Å². The van der Waals surface area contributed by atoms with Crippen molar-refractivity contribution < 1.29 is 33.7 Å². The van der Waals surface area contributed by atoms with E-state index in [-0.39, 0.29) is 84.9 Å². The second-order valence-corrected chi connectivity index (χ2v) is 23.1. The van der Waals surface area contributed by atoms with E-state index in [0.29, 0.717) is 71.5 Å². The molecule has 2 bridgehead atoms. The van der Waals surface area contributed by atoms with Crippen molar-refractivity contribution in [1.29, 1.82) is 0 Å². The lowest BCUT2D eigenvalue weighted by Crippen LogP contribution is -2.58. The maximum Gasteiger partial charge on any atom is 0.319 e. The first kappa shape index (κ1) is 52.7. The van der Waals surface area contributed by atoms with Gasteiger partial charge in [-0.05, 0) is 92.1 Å². The number of hydrogen-bond acceptors (Lipinski definition) is 14. The van der Waals surface area contributed by atoms with Crippen LogP contribution in [0.5, 0.6) is 11.8 Å². The SMILES string of the molecule is C#Cc1cccc2cc(O)cc(-c3ncc4c(N5CC6CCC(C5)N6)nc(OC[C@@H]5[C@H](C)CN5CCCCC(=O)N[C@H](C(=O)N5C[C@H](O)C[C@H]5C(=O)N[C@@H](C)c5ccc(-c6scnc6C)cc5)C(C)(C)C)nc4c3F)c12. The summed E-state index contributed by atoms with van der Waals surface area (Å²) in [6, 6.07) is 14.9. The molecule has 4 fully saturated rings. The van der Waals surface area contributed by atoms with Crippen molar-refractivity contribution in [2.75, 3.05) is 44.2 Å². The van der Waals surface area contributed by atoms with Crippen molar-refractivity contribution in [3.05, 3.63) is 88.9 Å². The van der Waals surface area contributed by atoms with Crippen LogP contribution in [0.1, 0.15) is 96.0 Å². The number of nitrogens with zero attached hydrogens (tertiary/aromatic N) is 7. The first-order chi connectivity index (χ1) is 36.4. The number of phenolic OH excluding ortho intramolecular Hbond substituents is 1. The number of nitrogens with one attached hydrogen (secondary N) is 3. The van der Waals surface area contributed by atoms with Gasteiger partial charge < -0.3 is 40.7 Å². The van der Waals surface area contributed by atoms with Crippen LogP contribution in [0.25, 0.3) is 43.4 Å². The number of hydrogen-bond donors (Lipinski definition) is 5. The maximum absolute atomic E-state index is 17.2. The van der Waals surface area contributed by atoms with Gasteiger partial charge in [0.1, 0.15) is 41.5 Å². The van der Waals surface area contributed by atoms with Gasteiger partial charge in [-0.1, -0.05) is 70.0 Å². The van der Waals surface area contributed by atoms with Crippen LogP contribution in [0.4, 0.5) is 10.2 Å². The zero-order valence-electron chi connectivity index (χ0n) is 44.0. The number of anilines is 1. The van der Waals surface area contributed by atoms with E-state index in [1.165, 1.54) is 11.0 Å². The largest absolute Gasteiger partial charge is 0.508 e. The topological polar surface area (TPSA) is 198 Å². The fourth-order valence-corrected chi connectivity index (χ4v) is 12.4. The van der Waals surface area contributed by atoms with Crippen LogP contribution in [0.15, 0.2) is 66.3 Å². The van der Waals surface area contributed by atoms with Crippen LogP contribution in [0.2, 0.25) is 0 Å². The molecular formula is C58H67FN10O6S. The van der Waals surface area contributed by atoms with Gasteiger partial charge in [-0.2, -0.15) is 9.97 Å². The van der Waals surface area contributed by atoms with Crippen molar-refractivity contribution in [2.24, 2.45) is 11.3 Å². The van der Waals surface area contributed by atoms with Gasteiger partial charge in [0.2, 0.25) is 17.7 Å². The van der Waals surface area contributed by atoms with Crippen molar-refractivity contribution in [2.45, 2.75) is 122 Å². The molecule has 4 aliphatic heterocycles. The summed E-state index contributed by atoms with van der Waals surface area (Å²) in [5, 5.41) is 32.9. The number of aryl methyl sites for hydroxylation is 1. The highest BCUT2D eigenvalue weighted by atomic mass is 32.1. The standard InChI is InChI=1S/C58H67FN10O6S/c1-8-35-12-11-13-38-22-41(70)23-43(48(35)38)50-49(59)51-44(25-60-50)54(68-27-39-19-20-40(28-68)63-39)66-57(65-51)75-30-46-32(2)26-67(46)21-10-9-14-47(72)64-53(58(5,6)7)56(74)69-29-42(71)24-45(69)55(73)62-33(3)36-15-17-37(18-16-36)52-34(4)61-31-76-52/h1,11-13,15-18,22-23,25,31-33,39-40,42,45-46,53,63,70-71H,9-10,14,19-21,24,26-30H2,2-7H3,(H,62,73)(H,64,72)/t32-,33+,39?,40?,42-,45+,46-,53-/m1/s1. The highest BCUT2D eigenvalue weighted by Gasteiger charge is 2.45. The lowest BCUT2D eigenvalue weighted by Gasteiger charge is -2.46. The number of β-amino-alcohol motifs (C(OH)–C–C–N with tert-alkyl or cyclic N) is 1. The summed E-state index contributed by atoms with van der Waals surface area (Å²) in [6.07, 6.45) is 10.3. The lowest BCUT2D eigenvalue weighted by atomic mass is 9.85. The molecule has 0 spiro atoms. The van der Waals surface area contributed by atoms with Crippen molar-refractivity contribution in [3.8, 4) is 45.8 Å². The Morgan fingerprint density at radius 3 is 2.47 bits per heavy atom. The van der Waals surface area contributed by atoms with Gasteiger partial charge in [-0.25, -0.2) is 9.37 Å². The number of phenols is 1. The Kier molecular flexibility index (Phi) is 15.0. The Hall–Kier alpha value is -6.78. The van der Waals surface area contributed by atoms with Crippen LogP contribution in [0.3, 0.4) is 0 Å². The average molecular weight is 1050 g/mol. The average Bonchev–Trinajstić information content (AvgIpc) is 4.12. The molecule has 398 valence electrons. The fraction of sp³-hybridized carbons (Fsp3) is 0.466. The lowest BCUT2D eigenvalue weighted by molar-refractivity contribution is -0.144. The molecule has 3 aromatic heterocycles. The van der Waals surface area contributed by atoms with Gasteiger partial charge in [0, 0.05) is 79.9 Å². The number of pyridine rings is 1. The summed E-state index contributed by atoms with van der Waals surface area (Å²) in [6.45, 7) is 14.8. The summed E-state index contributed by atoms with van der Waals surface area (Å²) >= 11 is 1.57. The number of piperazine rings is 1. The number of benzene rings is 3. The quantitative estimate of drug-likeness (QED) is 0.0479. The highest BCUT2D eigenvalue weighted by Crippen LogP contribution is 2.39. The Balaban J connectivity index is 0.768. The maximum atomic E-state index is 17.2. The van der Waals surface area contributed by atoms with Gasteiger partial charge in [-0.15, -0.1) is 17.8 Å². The van der Waals surface area contributed by atoms with Gasteiger partial charge >= 0.3 is 6.01 Å². The van der Waals surface area contributed by atoms with Crippen LogP contribution < -0.4 is 25.6 Å². The minimum atomic E-state index is -0.928. The first-order valence-electron chi connectivity index (χ1n) is 26.5. The third-order valence-corrected chi connectivity index (χ3v) is 16.7. The van der Waals surface area contributed by atoms with Crippen LogP contribution >= 0.6 is 11.3 Å². The minimum absolute atomic E-state index is 0.00627. The molecule has 2 unspecified atom stereocenters. The number of aromatic nitrogens is 4. The monoisotopic (exact) mass is 1050 g/mol. The molecule has 3 amide bonds. The number of unbranched alkanes of at least 4 members (excludes halogenated alkanes) is 1. The third kappa shape index (κ3) is 10.8. The van der Waals surface area contributed by atoms with Crippen molar-refractivity contribution >= 4 is 56.6 Å². The number of terminal acetylenes is 1. The number of aromatic hydroxyl groups is 1. The molecule has 6 aromatic rings. The number of ether oxygens (including phenoxy) is 1. The van der Waals surface area contributed by atoms with E-state index in [9.17, 15) is 24.6 Å². The van der Waals surface area contributed by atoms with Crippen molar-refractivity contribution in [1.82, 2.24) is 45.7 Å². The second-order valence-electron chi connectivity index (χ2n) is 22.3. The van der Waals surface area contributed by atoms with Gasteiger partial charge in [0.25, 0.3) is 0 Å². The number of likely N-dealkylation sites (tertiary alicyclic amines) is 2. The van der Waals surface area contributed by atoms with Gasteiger partial charge in [-0.3, -0.25) is 24.3 Å². The number of aliphatic hydroxyl groups is 1. The number of rotatable bonds is 16. The molecule has 0 aliphatic carbocycles. The van der Waals surface area contributed by atoms with E-state index >= 15 is 4.39 Å². The summed E-state index contributed by atoms with van der Waals surface area (Å²) in [4.78, 5) is 67.3. The summed E-state index contributed by atoms with van der Waals surface area (Å²) in [7, 11) is 0. The smallest absolute Gasteiger partial charge is 0.319 e. The molecule has 16 nitrogen and oxygen atoms in total. The molecule has 4 aliphatic rings. The minimum Gasteiger partial charge on any atom is -0.508 e. The van der Waals surface area contributed by atoms with E-state index in [1.807, 2.05) is 70.5 Å². The molecular weight excluding hydrogens is 984 g/mol.